The molecule has 0 atom stereocenters. The summed E-state index contributed by atoms with van der Waals surface area (Å²) in [6, 6.07) is 3.06. The lowest BCUT2D eigenvalue weighted by Crippen LogP contribution is -2.41. The number of aromatic nitrogens is 1. The van der Waals surface area contributed by atoms with E-state index in [1.165, 1.54) is 6.07 Å². The molecule has 0 saturated carbocycles. The predicted molar refractivity (Wildman–Crippen MR) is 80.9 cm³/mol. The summed E-state index contributed by atoms with van der Waals surface area (Å²) in [5.74, 6) is -0.445. The van der Waals surface area contributed by atoms with Crippen molar-refractivity contribution in [3.63, 3.8) is 0 Å². The number of carbonyl (C=O) groups is 1. The van der Waals surface area contributed by atoms with Crippen molar-refractivity contribution in [2.45, 2.75) is 45.8 Å². The molecule has 1 aromatic rings. The Balaban J connectivity index is 2.32. The van der Waals surface area contributed by atoms with E-state index < -0.39 is 24.3 Å². The Labute approximate surface area is 130 Å². The number of pyridine rings is 1. The average molecular weight is 312 g/mol. The van der Waals surface area contributed by atoms with Crippen molar-refractivity contribution in [2.24, 2.45) is 0 Å². The molecular weight excluding hydrogens is 292 g/mol. The lowest BCUT2D eigenvalue weighted by Gasteiger charge is -2.32. The third-order valence-electron chi connectivity index (χ3n) is 3.82. The summed E-state index contributed by atoms with van der Waals surface area (Å²) in [5, 5.41) is 0.199. The third-order valence-corrected chi connectivity index (χ3v) is 4.01. The molecule has 21 heavy (non-hydrogen) atoms. The van der Waals surface area contributed by atoms with Crippen LogP contribution in [-0.4, -0.2) is 35.9 Å². The van der Waals surface area contributed by atoms with Gasteiger partial charge in [-0.1, -0.05) is 11.6 Å². The quantitative estimate of drug-likeness (QED) is 0.487. The summed E-state index contributed by atoms with van der Waals surface area (Å²) in [5.41, 5.74) is -0.164. The largest absolute Gasteiger partial charge is 0.514 e. The smallest absolute Gasteiger partial charge is 0.462 e. The van der Waals surface area contributed by atoms with E-state index in [2.05, 4.69) is 4.98 Å². The zero-order chi connectivity index (χ0) is 15.8. The van der Waals surface area contributed by atoms with Crippen molar-refractivity contribution in [1.29, 1.82) is 0 Å². The fourth-order valence-electron chi connectivity index (χ4n) is 1.93. The van der Waals surface area contributed by atoms with E-state index in [9.17, 15) is 4.79 Å². The highest BCUT2D eigenvalue weighted by Gasteiger charge is 2.52. The van der Waals surface area contributed by atoms with Crippen LogP contribution in [0.2, 0.25) is 5.15 Å². The molecule has 1 aromatic heterocycles. The van der Waals surface area contributed by atoms with Crippen molar-refractivity contribution < 1.29 is 18.8 Å². The minimum atomic E-state index is -0.665. The van der Waals surface area contributed by atoms with E-state index >= 15 is 0 Å². The van der Waals surface area contributed by atoms with Gasteiger partial charge in [0, 0.05) is 0 Å². The van der Waals surface area contributed by atoms with Crippen LogP contribution in [0.1, 0.15) is 45.0 Å². The maximum atomic E-state index is 11.8. The lowest BCUT2D eigenvalue weighted by atomic mass is 9.83. The summed E-state index contributed by atoms with van der Waals surface area (Å²) in [6.07, 6.45) is 0. The maximum Gasteiger partial charge on any atom is 0.514 e. The van der Waals surface area contributed by atoms with Gasteiger partial charge in [0.2, 0.25) is 0 Å². The number of carbonyl (C=O) groups excluding carboxylic acids is 1. The van der Waals surface area contributed by atoms with E-state index in [4.69, 9.17) is 25.6 Å². The van der Waals surface area contributed by atoms with Crippen LogP contribution in [-0.2, 0) is 14.0 Å². The predicted octanol–water partition coefficient (Wildman–Crippen LogP) is 2.21. The topological polar surface area (TPSA) is 57.7 Å². The molecule has 114 valence electrons. The van der Waals surface area contributed by atoms with E-state index in [0.717, 1.165) is 0 Å². The molecule has 0 bridgehead atoms. The Hall–Kier alpha value is -1.11. The van der Waals surface area contributed by atoms with Gasteiger partial charge in [0.1, 0.15) is 5.15 Å². The fraction of sp³-hybridized carbons (Fsp3) is 0.571. The van der Waals surface area contributed by atoms with Gasteiger partial charge in [-0.3, -0.25) is 0 Å². The van der Waals surface area contributed by atoms with Gasteiger partial charge in [-0.05, 0) is 46.8 Å². The van der Waals surface area contributed by atoms with Gasteiger partial charge in [0.05, 0.1) is 29.0 Å². The van der Waals surface area contributed by atoms with Crippen LogP contribution in [0.15, 0.2) is 12.1 Å². The molecule has 1 saturated heterocycles. The van der Waals surface area contributed by atoms with Crippen LogP contribution in [0.5, 0.6) is 0 Å². The highest BCUT2D eigenvalue weighted by Crippen LogP contribution is 2.36. The lowest BCUT2D eigenvalue weighted by molar-refractivity contribution is 0.00578. The van der Waals surface area contributed by atoms with Crippen molar-refractivity contribution in [3.8, 4) is 0 Å². The summed E-state index contributed by atoms with van der Waals surface area (Å²) < 4.78 is 16.8. The van der Waals surface area contributed by atoms with Crippen LogP contribution < -0.4 is 5.59 Å². The second-order valence-electron chi connectivity index (χ2n) is 5.91. The molecule has 0 N–H and O–H groups in total. The van der Waals surface area contributed by atoms with E-state index in [1.54, 1.807) is 13.0 Å². The number of nitrogens with zero attached hydrogens (tertiary/aromatic N) is 1. The van der Waals surface area contributed by atoms with Gasteiger partial charge >= 0.3 is 13.1 Å². The molecule has 0 spiro atoms. The minimum absolute atomic E-state index is 0.199. The molecule has 2 rings (SSSR count). The van der Waals surface area contributed by atoms with Crippen LogP contribution in [0.4, 0.5) is 0 Å². The monoisotopic (exact) mass is 311 g/mol. The number of hydrogen-bond donors (Lipinski definition) is 0. The number of ether oxygens (including phenoxy) is 1. The number of hydrogen-bond acceptors (Lipinski definition) is 5. The second kappa shape index (κ2) is 5.59. The first kappa shape index (κ1) is 16.3. The number of rotatable bonds is 3. The Kier molecular flexibility index (Phi) is 4.33. The molecule has 0 unspecified atom stereocenters. The summed E-state index contributed by atoms with van der Waals surface area (Å²) in [4.78, 5) is 16.0. The molecule has 2 heterocycles. The third kappa shape index (κ3) is 3.22. The highest BCUT2D eigenvalue weighted by atomic mass is 35.5. The normalized spacial score (nSPS) is 19.6. The molecule has 1 aliphatic rings. The number of halogens is 1. The second-order valence-corrected chi connectivity index (χ2v) is 6.30. The molecular formula is C14H19BClNO4. The van der Waals surface area contributed by atoms with Gasteiger partial charge < -0.3 is 14.0 Å². The fourth-order valence-corrected chi connectivity index (χ4v) is 2.15. The van der Waals surface area contributed by atoms with Gasteiger partial charge in [-0.2, -0.15) is 0 Å². The molecule has 0 aliphatic carbocycles. The average Bonchev–Trinajstić information content (AvgIpc) is 2.58. The molecule has 7 heteroatoms. The Morgan fingerprint density at radius 2 is 1.86 bits per heavy atom. The van der Waals surface area contributed by atoms with Crippen LogP contribution in [0.3, 0.4) is 0 Å². The zero-order valence-electron chi connectivity index (χ0n) is 12.9. The summed E-state index contributed by atoms with van der Waals surface area (Å²) in [7, 11) is -0.665. The number of esters is 1. The van der Waals surface area contributed by atoms with Crippen molar-refractivity contribution in [2.75, 3.05) is 6.61 Å². The Morgan fingerprint density at radius 3 is 2.38 bits per heavy atom. The summed E-state index contributed by atoms with van der Waals surface area (Å²) in [6.45, 7) is 9.83. The van der Waals surface area contributed by atoms with Gasteiger partial charge in [0.25, 0.3) is 0 Å². The SMILES string of the molecule is CCOC(=O)c1cc(Cl)nc(B2OC(C)(C)C(C)(C)O2)c1. The molecule has 0 aromatic carbocycles. The molecule has 1 aliphatic heterocycles. The standard InChI is InChI=1S/C14H19BClNO4/c1-6-19-12(18)9-7-10(17-11(16)8-9)15-20-13(2,3)14(4,5)21-15/h7-8H,6H2,1-5H3. The van der Waals surface area contributed by atoms with Gasteiger partial charge in [-0.15, -0.1) is 0 Å². The van der Waals surface area contributed by atoms with Crippen molar-refractivity contribution in [1.82, 2.24) is 4.98 Å². The van der Waals surface area contributed by atoms with E-state index in [1.807, 2.05) is 27.7 Å². The Bertz CT molecular complexity index is 546. The van der Waals surface area contributed by atoms with E-state index in [0.29, 0.717) is 17.8 Å². The first-order chi connectivity index (χ1) is 9.66. The highest BCUT2D eigenvalue weighted by molar-refractivity contribution is 6.61. The Morgan fingerprint density at radius 1 is 1.29 bits per heavy atom. The molecule has 1 fully saturated rings. The zero-order valence-corrected chi connectivity index (χ0v) is 13.7. The van der Waals surface area contributed by atoms with E-state index in [-0.39, 0.29) is 5.15 Å². The molecule has 0 radical (unpaired) electrons. The van der Waals surface area contributed by atoms with Gasteiger partial charge in [0.15, 0.2) is 0 Å². The minimum Gasteiger partial charge on any atom is -0.462 e. The molecule has 5 nitrogen and oxygen atoms in total. The van der Waals surface area contributed by atoms with Crippen LogP contribution >= 0.6 is 11.6 Å². The maximum absolute atomic E-state index is 11.8. The first-order valence-electron chi connectivity index (χ1n) is 6.86. The molecule has 0 amide bonds. The van der Waals surface area contributed by atoms with Crippen LogP contribution in [0.25, 0.3) is 0 Å². The van der Waals surface area contributed by atoms with Crippen LogP contribution in [0, 0.1) is 0 Å². The first-order valence-corrected chi connectivity index (χ1v) is 7.24. The summed E-state index contributed by atoms with van der Waals surface area (Å²) >= 11 is 5.98. The van der Waals surface area contributed by atoms with Gasteiger partial charge in [-0.25, -0.2) is 9.78 Å². The van der Waals surface area contributed by atoms with Crippen molar-refractivity contribution in [3.05, 3.63) is 22.8 Å². The van der Waals surface area contributed by atoms with Crippen molar-refractivity contribution >= 4 is 30.3 Å².